The first-order valence-corrected chi connectivity index (χ1v) is 16.2. The Hall–Kier alpha value is -4.94. The Balaban J connectivity index is 1.85. The molecule has 54 heavy (non-hydrogen) atoms. The molecular formula is C32H31B3ClF6N9O3. The standard InChI is InChI=1S/C32H31B3ClF6N9O3/c1-30(2,3)8-9-44-28(43)50(27(52)18-4-6-20(22(37)10-18)19-12-47-49(13-19)32(33,34)35)24(14-54-29(53)45-15-31(40,41)42)17-5-7-21(36)23(11-17)51-26(25(38)39)46-16-48-51/h4-7,10-13,16,24-25H,8-9,14-15H2,1-3H3,(H2,43,44)(H,45,53)/t24-/m1/s1. The van der Waals surface area contributed by atoms with Gasteiger partial charge < -0.3 is 15.8 Å². The number of benzene rings is 2. The highest BCUT2D eigenvalue weighted by atomic mass is 35.5. The molecule has 0 saturated carbocycles. The van der Waals surface area contributed by atoms with Crippen molar-refractivity contribution < 1.29 is 40.7 Å². The van der Waals surface area contributed by atoms with Crippen molar-refractivity contribution in [3.05, 3.63) is 82.9 Å². The molecule has 4 rings (SSSR count). The molecule has 0 aliphatic carbocycles. The van der Waals surface area contributed by atoms with Crippen LogP contribution in [0.2, 0.25) is 5.02 Å². The maximum Gasteiger partial charge on any atom is 0.407 e. The van der Waals surface area contributed by atoms with E-state index in [2.05, 4.69) is 20.2 Å². The van der Waals surface area contributed by atoms with Crippen molar-refractivity contribution in [3.63, 3.8) is 0 Å². The molecule has 0 unspecified atom stereocenters. The summed E-state index contributed by atoms with van der Waals surface area (Å²) in [5, 5.41) is 7.29. The second-order valence-corrected chi connectivity index (χ2v) is 13.5. The van der Waals surface area contributed by atoms with E-state index in [4.69, 9.17) is 45.6 Å². The lowest BCUT2D eigenvalue weighted by Gasteiger charge is -2.32. The number of nitrogens with zero attached hydrogens (tertiary/aromatic N) is 7. The number of halogens is 7. The van der Waals surface area contributed by atoms with E-state index in [1.165, 1.54) is 42.7 Å². The fourth-order valence-corrected chi connectivity index (χ4v) is 5.06. The number of rotatable bonds is 12. The smallest absolute Gasteiger partial charge is 0.407 e. The number of nitrogens with one attached hydrogen (secondary N) is 1. The third-order valence-electron chi connectivity index (χ3n) is 7.58. The lowest BCUT2D eigenvalue weighted by molar-refractivity contribution is -0.123. The summed E-state index contributed by atoms with van der Waals surface area (Å²) < 4.78 is 88.7. The molecule has 2 amide bonds. The van der Waals surface area contributed by atoms with Crippen LogP contribution in [0, 0.1) is 11.2 Å². The van der Waals surface area contributed by atoms with Crippen LogP contribution in [-0.4, -0.2) is 96.8 Å². The van der Waals surface area contributed by atoms with E-state index < -0.39 is 66.6 Å². The van der Waals surface area contributed by atoms with Crippen molar-refractivity contribution >= 4 is 53.1 Å². The van der Waals surface area contributed by atoms with Crippen LogP contribution in [0.5, 0.6) is 0 Å². The van der Waals surface area contributed by atoms with Crippen LogP contribution in [0.1, 0.15) is 61.4 Å². The number of ether oxygens (including phenoxy) is 1. The van der Waals surface area contributed by atoms with E-state index in [1.807, 2.05) is 20.8 Å². The lowest BCUT2D eigenvalue weighted by atomic mass is 9.49. The van der Waals surface area contributed by atoms with E-state index >= 15 is 4.39 Å². The molecule has 0 bridgehead atoms. The minimum absolute atomic E-state index is 0.00871. The van der Waals surface area contributed by atoms with Crippen LogP contribution in [-0.2, 0) is 9.97 Å². The molecule has 2 aromatic carbocycles. The summed E-state index contributed by atoms with van der Waals surface area (Å²) in [6.45, 7) is 3.23. The minimum atomic E-state index is -4.78. The van der Waals surface area contributed by atoms with E-state index in [-0.39, 0.29) is 44.9 Å². The van der Waals surface area contributed by atoms with Gasteiger partial charge in [0.15, 0.2) is 11.8 Å². The molecule has 12 nitrogen and oxygen atoms in total. The Bertz CT molecular complexity index is 2000. The van der Waals surface area contributed by atoms with Crippen molar-refractivity contribution in [2.45, 2.75) is 51.1 Å². The van der Waals surface area contributed by atoms with Gasteiger partial charge in [-0.3, -0.25) is 19.4 Å². The molecule has 6 radical (unpaired) electrons. The molecule has 22 heteroatoms. The van der Waals surface area contributed by atoms with Crippen LogP contribution in [0.3, 0.4) is 0 Å². The Kier molecular flexibility index (Phi) is 12.9. The van der Waals surface area contributed by atoms with Crippen LogP contribution < -0.4 is 11.1 Å². The molecule has 4 aromatic rings. The first-order valence-electron chi connectivity index (χ1n) is 15.9. The molecule has 3 N–H and O–H groups in total. The number of aromatic nitrogens is 5. The fourth-order valence-electron chi connectivity index (χ4n) is 4.86. The summed E-state index contributed by atoms with van der Waals surface area (Å²) in [6.07, 6.45) is -5.57. The number of nitrogens with two attached hydrogens (primary N) is 1. The van der Waals surface area contributed by atoms with Gasteiger partial charge in [-0.15, -0.1) is 0 Å². The maximum atomic E-state index is 15.7. The summed E-state index contributed by atoms with van der Waals surface area (Å²) >= 11 is 6.37. The highest BCUT2D eigenvalue weighted by Gasteiger charge is 2.34. The maximum absolute atomic E-state index is 15.7. The molecule has 0 saturated heterocycles. The number of hydrogen-bond acceptors (Lipinski definition) is 7. The SMILES string of the molecule is [B]C([B])([B])n1cc(-c2ccc(C(=O)N(C(N)=NCCC(C)(C)C)[C@H](COC(=O)NCC(F)(F)F)c3ccc(Cl)c(-n4ncnc4C(F)F)c3)cc2F)cn1. The molecule has 2 heterocycles. The normalized spacial score (nSPS) is 13.2. The highest BCUT2D eigenvalue weighted by Crippen LogP contribution is 2.32. The van der Waals surface area contributed by atoms with Gasteiger partial charge in [0.25, 0.3) is 12.3 Å². The number of carbonyl (C=O) groups excluding carboxylic acids is 2. The number of guanidine groups is 1. The third kappa shape index (κ3) is 10.8. The first kappa shape index (κ1) is 41.8. The Morgan fingerprint density at radius 1 is 1.09 bits per heavy atom. The Morgan fingerprint density at radius 2 is 1.80 bits per heavy atom. The summed E-state index contributed by atoms with van der Waals surface area (Å²) in [5.74, 6) is -3.18. The van der Waals surface area contributed by atoms with Gasteiger partial charge in [0.2, 0.25) is 0 Å². The molecule has 0 spiro atoms. The molecule has 280 valence electrons. The Morgan fingerprint density at radius 3 is 2.39 bits per heavy atom. The van der Waals surface area contributed by atoms with Crippen molar-refractivity contribution in [1.29, 1.82) is 0 Å². The minimum Gasteiger partial charge on any atom is -0.447 e. The molecule has 0 aliphatic heterocycles. The average molecular weight is 772 g/mol. The van der Waals surface area contributed by atoms with Gasteiger partial charge in [0.1, 0.15) is 25.3 Å². The Labute approximate surface area is 314 Å². The zero-order chi connectivity index (χ0) is 40.2. The number of amides is 2. The van der Waals surface area contributed by atoms with Crippen LogP contribution in [0.4, 0.5) is 31.1 Å². The summed E-state index contributed by atoms with van der Waals surface area (Å²) in [6, 6.07) is 5.60. The van der Waals surface area contributed by atoms with Gasteiger partial charge in [-0.2, -0.15) is 23.4 Å². The van der Waals surface area contributed by atoms with Gasteiger partial charge in [0, 0.05) is 29.4 Å². The number of hydrogen-bond donors (Lipinski definition) is 2. The third-order valence-corrected chi connectivity index (χ3v) is 7.90. The van der Waals surface area contributed by atoms with Crippen LogP contribution in [0.25, 0.3) is 16.8 Å². The molecule has 1 atom stereocenters. The molecule has 2 aromatic heterocycles. The van der Waals surface area contributed by atoms with Gasteiger partial charge in [0.05, 0.1) is 46.5 Å². The predicted molar refractivity (Wildman–Crippen MR) is 189 cm³/mol. The van der Waals surface area contributed by atoms with E-state index in [0.717, 1.165) is 26.7 Å². The largest absolute Gasteiger partial charge is 0.447 e. The van der Waals surface area contributed by atoms with E-state index in [1.54, 1.807) is 5.32 Å². The zero-order valence-corrected chi connectivity index (χ0v) is 29.7. The monoisotopic (exact) mass is 771 g/mol. The van der Waals surface area contributed by atoms with E-state index in [9.17, 15) is 31.5 Å². The summed E-state index contributed by atoms with van der Waals surface area (Å²) in [5.41, 5.74) is 5.89. The summed E-state index contributed by atoms with van der Waals surface area (Å²) in [7, 11) is 16.9. The first-order chi connectivity index (χ1) is 25.1. The van der Waals surface area contributed by atoms with Crippen molar-refractivity contribution in [2.24, 2.45) is 16.1 Å². The van der Waals surface area contributed by atoms with Crippen LogP contribution in [0.15, 0.2) is 60.1 Å². The number of alkyl carbamates (subject to hydrolysis) is 1. The van der Waals surface area contributed by atoms with E-state index in [0.29, 0.717) is 6.42 Å². The molecular weight excluding hydrogens is 740 g/mol. The number of aliphatic imine (C=N–C) groups is 1. The molecule has 0 fully saturated rings. The van der Waals surface area contributed by atoms with Crippen molar-refractivity contribution in [3.8, 4) is 16.8 Å². The highest BCUT2D eigenvalue weighted by molar-refractivity contribution is 6.56. The van der Waals surface area contributed by atoms with Gasteiger partial charge in [-0.25, -0.2) is 27.6 Å². The van der Waals surface area contributed by atoms with Gasteiger partial charge >= 0.3 is 12.3 Å². The second kappa shape index (κ2) is 16.6. The van der Waals surface area contributed by atoms with Gasteiger partial charge in [-0.05, 0) is 46.9 Å². The quantitative estimate of drug-likeness (QED) is 0.0877. The number of carbonyl (C=O) groups is 2. The average Bonchev–Trinajstić information content (AvgIpc) is 3.76. The van der Waals surface area contributed by atoms with Crippen LogP contribution >= 0.6 is 11.6 Å². The second-order valence-electron chi connectivity index (χ2n) is 13.1. The fraction of sp³-hybridized carbons (Fsp3) is 0.375. The lowest BCUT2D eigenvalue weighted by Crippen LogP contribution is -2.47. The van der Waals surface area contributed by atoms with Crippen molar-refractivity contribution in [1.82, 2.24) is 34.8 Å². The topological polar surface area (TPSA) is 146 Å². The van der Waals surface area contributed by atoms with Gasteiger partial charge in [-0.1, -0.05) is 44.5 Å². The summed E-state index contributed by atoms with van der Waals surface area (Å²) in [4.78, 5) is 35.6. The number of alkyl halides is 5. The predicted octanol–water partition coefficient (Wildman–Crippen LogP) is 5.16. The zero-order valence-electron chi connectivity index (χ0n) is 29.0. The molecule has 0 aliphatic rings. The van der Waals surface area contributed by atoms with Crippen molar-refractivity contribution in [2.75, 3.05) is 19.7 Å².